The first-order valence-electron chi connectivity index (χ1n) is 11.6. The summed E-state index contributed by atoms with van der Waals surface area (Å²) in [5, 5.41) is 8.66. The minimum Gasteiger partial charge on any atom is -0.488 e. The van der Waals surface area contributed by atoms with Crippen molar-refractivity contribution in [1.82, 2.24) is 4.98 Å². The molecule has 7 aromatic rings. The van der Waals surface area contributed by atoms with Crippen molar-refractivity contribution in [3.63, 3.8) is 0 Å². The number of aromatic nitrogens is 1. The van der Waals surface area contributed by atoms with E-state index >= 15 is 0 Å². The van der Waals surface area contributed by atoms with E-state index in [1.54, 1.807) is 0 Å². The molecule has 0 amide bonds. The zero-order valence-electron chi connectivity index (χ0n) is 18.5. The molecule has 6 aromatic carbocycles. The topological polar surface area (TPSA) is 22.1 Å². The van der Waals surface area contributed by atoms with Crippen molar-refractivity contribution in [2.75, 3.05) is 0 Å². The zero-order valence-corrected chi connectivity index (χ0v) is 18.5. The minimum absolute atomic E-state index is 0.521. The maximum Gasteiger partial charge on any atom is 0.131 e. The second kappa shape index (κ2) is 7.57. The summed E-state index contributed by atoms with van der Waals surface area (Å²) in [6.45, 7) is 0.521. The van der Waals surface area contributed by atoms with Gasteiger partial charge in [-0.1, -0.05) is 97.1 Å². The van der Waals surface area contributed by atoms with E-state index < -0.39 is 0 Å². The smallest absolute Gasteiger partial charge is 0.131 e. The Morgan fingerprint density at radius 3 is 2.12 bits per heavy atom. The third-order valence-corrected chi connectivity index (χ3v) is 6.72. The number of hydrogen-bond acceptors (Lipinski definition) is 2. The fraction of sp³-hybridized carbons (Fsp3) is 0.0312. The van der Waals surface area contributed by atoms with E-state index in [-0.39, 0.29) is 0 Å². The van der Waals surface area contributed by atoms with Gasteiger partial charge in [-0.3, -0.25) is 0 Å². The van der Waals surface area contributed by atoms with Crippen molar-refractivity contribution in [2.45, 2.75) is 6.61 Å². The molecule has 1 heterocycles. The van der Waals surface area contributed by atoms with Gasteiger partial charge < -0.3 is 4.74 Å². The summed E-state index contributed by atoms with van der Waals surface area (Å²) in [5.41, 5.74) is 4.14. The van der Waals surface area contributed by atoms with Gasteiger partial charge in [0.15, 0.2) is 0 Å². The summed E-state index contributed by atoms with van der Waals surface area (Å²) in [5.74, 6) is 0.857. The van der Waals surface area contributed by atoms with E-state index in [1.807, 2.05) is 30.3 Å². The van der Waals surface area contributed by atoms with Crippen LogP contribution in [0.3, 0.4) is 0 Å². The van der Waals surface area contributed by atoms with Crippen LogP contribution in [0.25, 0.3) is 54.5 Å². The number of para-hydroxylation sites is 1. The molecular formula is C32H21NO. The normalized spacial score (nSPS) is 11.6. The molecule has 160 valence electrons. The van der Waals surface area contributed by atoms with Crippen molar-refractivity contribution < 1.29 is 4.74 Å². The molecule has 0 saturated carbocycles. The van der Waals surface area contributed by atoms with Crippen LogP contribution in [-0.4, -0.2) is 4.98 Å². The van der Waals surface area contributed by atoms with Crippen molar-refractivity contribution in [3.8, 4) is 17.0 Å². The predicted molar refractivity (Wildman–Crippen MR) is 142 cm³/mol. The average molecular weight is 436 g/mol. The van der Waals surface area contributed by atoms with Gasteiger partial charge in [0.25, 0.3) is 0 Å². The number of pyridine rings is 1. The third-order valence-electron chi connectivity index (χ3n) is 6.72. The minimum atomic E-state index is 0.521. The van der Waals surface area contributed by atoms with E-state index in [0.29, 0.717) is 6.61 Å². The highest BCUT2D eigenvalue weighted by Crippen LogP contribution is 2.40. The van der Waals surface area contributed by atoms with Crippen molar-refractivity contribution in [3.05, 3.63) is 121 Å². The second-order valence-electron chi connectivity index (χ2n) is 8.77. The highest BCUT2D eigenvalue weighted by atomic mass is 16.5. The predicted octanol–water partition coefficient (Wildman–Crippen LogP) is 8.38. The van der Waals surface area contributed by atoms with E-state index in [0.717, 1.165) is 33.5 Å². The first-order valence-corrected chi connectivity index (χ1v) is 11.6. The Labute approximate surface area is 197 Å². The van der Waals surface area contributed by atoms with Crippen LogP contribution in [0.1, 0.15) is 5.56 Å². The Bertz CT molecular complexity index is 1790. The molecule has 0 N–H and O–H groups in total. The summed E-state index contributed by atoms with van der Waals surface area (Å²) in [6.07, 6.45) is 0. The fourth-order valence-electron chi connectivity index (χ4n) is 5.09. The average Bonchev–Trinajstić information content (AvgIpc) is 2.91. The summed E-state index contributed by atoms with van der Waals surface area (Å²) >= 11 is 0. The number of ether oxygens (including phenoxy) is 1. The largest absolute Gasteiger partial charge is 0.488 e. The van der Waals surface area contributed by atoms with Crippen LogP contribution in [0.2, 0.25) is 0 Å². The number of fused-ring (bicyclic) bond motifs is 1. The van der Waals surface area contributed by atoms with Gasteiger partial charge in [-0.2, -0.15) is 0 Å². The van der Waals surface area contributed by atoms with Gasteiger partial charge in [-0.15, -0.1) is 0 Å². The first kappa shape index (κ1) is 19.1. The summed E-state index contributed by atoms with van der Waals surface area (Å²) in [4.78, 5) is 5.06. The molecule has 0 aliphatic heterocycles. The Hall–Kier alpha value is -4.43. The molecule has 0 unspecified atom stereocenters. The lowest BCUT2D eigenvalue weighted by Crippen LogP contribution is -1.98. The van der Waals surface area contributed by atoms with Crippen molar-refractivity contribution in [1.29, 1.82) is 0 Å². The zero-order chi connectivity index (χ0) is 22.5. The van der Waals surface area contributed by atoms with E-state index in [2.05, 4.69) is 84.9 Å². The molecule has 0 aliphatic rings. The van der Waals surface area contributed by atoms with Gasteiger partial charge >= 0.3 is 0 Å². The monoisotopic (exact) mass is 435 g/mol. The lowest BCUT2D eigenvalue weighted by Gasteiger charge is -2.15. The molecule has 1 aromatic heterocycles. The molecule has 0 fully saturated rings. The van der Waals surface area contributed by atoms with Crippen molar-refractivity contribution in [2.24, 2.45) is 0 Å². The van der Waals surface area contributed by atoms with Crippen molar-refractivity contribution >= 4 is 43.2 Å². The molecule has 0 radical (unpaired) electrons. The molecule has 0 saturated heterocycles. The van der Waals surface area contributed by atoms with Crippen LogP contribution in [-0.2, 0) is 6.61 Å². The number of nitrogens with zero attached hydrogens (tertiary/aromatic N) is 1. The SMILES string of the molecule is c1ccc(COc2cc(-c3ccc4ccc5cccc6ccc3c4c56)nc3ccccc23)cc1. The molecule has 2 heteroatoms. The lowest BCUT2D eigenvalue weighted by atomic mass is 9.91. The number of benzene rings is 6. The molecule has 0 spiro atoms. The van der Waals surface area contributed by atoms with E-state index in [4.69, 9.17) is 9.72 Å². The first-order chi connectivity index (χ1) is 16.8. The molecule has 0 aliphatic carbocycles. The standard InChI is InChI=1S/C32H21NO/c1-2-7-21(8-3-1)20-34-30-19-29(33-28-12-5-4-11-27(28)30)25-17-15-24-14-13-22-9-6-10-23-16-18-26(25)32(24)31(22)23/h1-19H,20H2. The van der Waals surface area contributed by atoms with Gasteiger partial charge in [-0.05, 0) is 50.0 Å². The molecule has 0 atom stereocenters. The van der Waals surface area contributed by atoms with Gasteiger partial charge in [0.2, 0.25) is 0 Å². The Morgan fingerprint density at radius 1 is 0.559 bits per heavy atom. The van der Waals surface area contributed by atoms with E-state index in [1.165, 1.54) is 32.3 Å². The molecule has 2 nitrogen and oxygen atoms in total. The third kappa shape index (κ3) is 3.00. The molecule has 34 heavy (non-hydrogen) atoms. The maximum atomic E-state index is 6.35. The highest BCUT2D eigenvalue weighted by Gasteiger charge is 2.15. The highest BCUT2D eigenvalue weighted by molar-refractivity contribution is 6.25. The number of rotatable bonds is 4. The van der Waals surface area contributed by atoms with Crippen LogP contribution < -0.4 is 4.74 Å². The molecular weight excluding hydrogens is 414 g/mol. The summed E-state index contributed by atoms with van der Waals surface area (Å²) in [7, 11) is 0. The Balaban J connectivity index is 1.44. The van der Waals surface area contributed by atoms with Gasteiger partial charge in [0.1, 0.15) is 12.4 Å². The molecule has 0 bridgehead atoms. The van der Waals surface area contributed by atoms with Gasteiger partial charge in [0, 0.05) is 17.0 Å². The fourth-order valence-corrected chi connectivity index (χ4v) is 5.09. The van der Waals surface area contributed by atoms with Crippen LogP contribution in [0.5, 0.6) is 5.75 Å². The summed E-state index contributed by atoms with van der Waals surface area (Å²) < 4.78 is 6.35. The number of hydrogen-bond donors (Lipinski definition) is 0. The molecule has 7 rings (SSSR count). The maximum absolute atomic E-state index is 6.35. The van der Waals surface area contributed by atoms with Gasteiger partial charge in [0.05, 0.1) is 11.2 Å². The van der Waals surface area contributed by atoms with Crippen LogP contribution in [0.4, 0.5) is 0 Å². The van der Waals surface area contributed by atoms with Gasteiger partial charge in [-0.25, -0.2) is 4.98 Å². The quantitative estimate of drug-likeness (QED) is 0.259. The lowest BCUT2D eigenvalue weighted by molar-refractivity contribution is 0.310. The summed E-state index contributed by atoms with van der Waals surface area (Å²) in [6, 6.07) is 40.4. The van der Waals surface area contributed by atoms with Crippen LogP contribution in [0.15, 0.2) is 115 Å². The Kier molecular flexibility index (Phi) is 4.25. The second-order valence-corrected chi connectivity index (χ2v) is 8.77. The van der Waals surface area contributed by atoms with E-state index in [9.17, 15) is 0 Å². The van der Waals surface area contributed by atoms with Crippen LogP contribution in [0, 0.1) is 0 Å². The van der Waals surface area contributed by atoms with Crippen LogP contribution >= 0.6 is 0 Å². The Morgan fingerprint density at radius 2 is 1.26 bits per heavy atom.